The Morgan fingerprint density at radius 3 is 2.81 bits per heavy atom. The van der Waals surface area contributed by atoms with Crippen LogP contribution in [0, 0.1) is 17.9 Å². The van der Waals surface area contributed by atoms with Gasteiger partial charge in [-0.1, -0.05) is 29.1 Å². The first-order valence-corrected chi connectivity index (χ1v) is 9.30. The molecule has 132 valence electrons. The van der Waals surface area contributed by atoms with Crippen molar-refractivity contribution in [1.82, 2.24) is 0 Å². The zero-order valence-electron chi connectivity index (χ0n) is 14.6. The summed E-state index contributed by atoms with van der Waals surface area (Å²) in [5, 5.41) is 12.0. The van der Waals surface area contributed by atoms with E-state index < -0.39 is 5.54 Å². The number of nitrogens with one attached hydrogen (secondary N) is 1. The summed E-state index contributed by atoms with van der Waals surface area (Å²) in [6, 6.07) is 16.2. The number of amides is 1. The van der Waals surface area contributed by atoms with Gasteiger partial charge >= 0.3 is 5.54 Å². The molecule has 3 N–H and O–H groups in total. The quantitative estimate of drug-likeness (QED) is 0.573. The number of nitriles is 1. The number of nitrogens with two attached hydrogens (primary N) is 1. The summed E-state index contributed by atoms with van der Waals surface area (Å²) in [6.07, 6.45) is 0.736. The minimum absolute atomic E-state index is 0.329. The van der Waals surface area contributed by atoms with Crippen LogP contribution in [0.25, 0.3) is 4.85 Å². The van der Waals surface area contributed by atoms with Crippen LogP contribution in [0.15, 0.2) is 48.5 Å². The molecule has 1 unspecified atom stereocenters. The molecule has 0 aliphatic heterocycles. The number of benzene rings is 2. The molecule has 0 saturated heterocycles. The molecular weight excluding hydrogens is 344 g/mol. The van der Waals surface area contributed by atoms with E-state index in [0.29, 0.717) is 22.7 Å². The third-order valence-electron chi connectivity index (χ3n) is 4.17. The molecule has 26 heavy (non-hydrogen) atoms. The highest BCUT2D eigenvalue weighted by Gasteiger charge is 2.36. The third kappa shape index (κ3) is 4.64. The predicted octanol–water partition coefficient (Wildman–Crippen LogP) is 4.03. The lowest BCUT2D eigenvalue weighted by Gasteiger charge is -2.15. The lowest BCUT2D eigenvalue weighted by atomic mass is 9.90. The lowest BCUT2D eigenvalue weighted by molar-refractivity contribution is 0.102. The van der Waals surface area contributed by atoms with Crippen molar-refractivity contribution >= 4 is 23.4 Å². The van der Waals surface area contributed by atoms with Gasteiger partial charge in [0, 0.05) is 36.2 Å². The molecule has 1 amide bonds. The van der Waals surface area contributed by atoms with Gasteiger partial charge in [0.05, 0.1) is 17.2 Å². The second kappa shape index (κ2) is 9.05. The largest absolute Gasteiger partial charge is 0.322 e. The Hall–Kier alpha value is -2.80. The van der Waals surface area contributed by atoms with Gasteiger partial charge in [-0.15, -0.1) is 11.8 Å². The molecule has 6 heteroatoms. The molecule has 0 fully saturated rings. The zero-order valence-corrected chi connectivity index (χ0v) is 15.4. The van der Waals surface area contributed by atoms with Crippen LogP contribution in [-0.2, 0) is 5.54 Å². The van der Waals surface area contributed by atoms with Gasteiger partial charge in [0.2, 0.25) is 0 Å². The van der Waals surface area contributed by atoms with Crippen LogP contribution in [0.3, 0.4) is 0 Å². The van der Waals surface area contributed by atoms with Gasteiger partial charge in [0.15, 0.2) is 0 Å². The van der Waals surface area contributed by atoms with Crippen LogP contribution in [0.1, 0.15) is 34.8 Å². The van der Waals surface area contributed by atoms with Gasteiger partial charge in [0.1, 0.15) is 0 Å². The molecule has 0 saturated carbocycles. The predicted molar refractivity (Wildman–Crippen MR) is 107 cm³/mol. The van der Waals surface area contributed by atoms with E-state index in [1.807, 2.05) is 31.2 Å². The first-order valence-electron chi connectivity index (χ1n) is 8.15. The maximum absolute atomic E-state index is 12.5. The normalized spacial score (nSPS) is 12.5. The van der Waals surface area contributed by atoms with E-state index in [2.05, 4.69) is 10.2 Å². The van der Waals surface area contributed by atoms with E-state index in [9.17, 15) is 4.79 Å². The molecule has 0 aliphatic carbocycles. The monoisotopic (exact) mass is 365 g/mol. The number of hydrogen-bond acceptors (Lipinski definition) is 4. The van der Waals surface area contributed by atoms with Crippen molar-refractivity contribution in [2.75, 3.05) is 16.9 Å². The Morgan fingerprint density at radius 2 is 2.12 bits per heavy atom. The van der Waals surface area contributed by atoms with Gasteiger partial charge < -0.3 is 11.1 Å². The number of rotatable bonds is 7. The summed E-state index contributed by atoms with van der Waals surface area (Å²) in [5.41, 5.74) is 7.17. The highest BCUT2D eigenvalue weighted by atomic mass is 32.2. The maximum atomic E-state index is 12.5. The van der Waals surface area contributed by atoms with E-state index in [1.165, 1.54) is 0 Å². The average Bonchev–Trinajstić information content (AvgIpc) is 2.68. The minimum Gasteiger partial charge on any atom is -0.322 e. The van der Waals surface area contributed by atoms with Crippen molar-refractivity contribution in [2.45, 2.75) is 18.9 Å². The molecule has 2 aromatic rings. The SMILES string of the molecule is C#[N+]C(C)(CCSCN)c1cccc(NC(=O)c2ccccc2C#N)c1. The maximum Gasteiger partial charge on any atom is 0.303 e. The summed E-state index contributed by atoms with van der Waals surface area (Å²) in [5.74, 6) is 1.05. The fraction of sp³-hybridized carbons (Fsp3) is 0.250. The van der Waals surface area contributed by atoms with E-state index in [4.69, 9.17) is 17.6 Å². The highest BCUT2D eigenvalue weighted by Crippen LogP contribution is 2.32. The van der Waals surface area contributed by atoms with E-state index in [1.54, 1.807) is 42.1 Å². The number of hydrogen-bond donors (Lipinski definition) is 2. The van der Waals surface area contributed by atoms with Crippen LogP contribution in [-0.4, -0.2) is 17.5 Å². The average molecular weight is 365 g/mol. The van der Waals surface area contributed by atoms with Crippen molar-refractivity contribution in [2.24, 2.45) is 5.73 Å². The molecule has 0 spiro atoms. The van der Waals surface area contributed by atoms with Crippen molar-refractivity contribution in [3.63, 3.8) is 0 Å². The van der Waals surface area contributed by atoms with Crippen molar-refractivity contribution in [1.29, 1.82) is 5.26 Å². The first-order chi connectivity index (χ1) is 12.5. The summed E-state index contributed by atoms with van der Waals surface area (Å²) < 4.78 is 0. The number of thioether (sulfide) groups is 1. The number of nitrogens with zero attached hydrogens (tertiary/aromatic N) is 2. The van der Waals surface area contributed by atoms with Gasteiger partial charge in [-0.2, -0.15) is 5.26 Å². The summed E-state index contributed by atoms with van der Waals surface area (Å²) in [4.78, 5) is 16.6. The van der Waals surface area contributed by atoms with Gasteiger partial charge in [-0.05, 0) is 24.3 Å². The van der Waals surface area contributed by atoms with Crippen molar-refractivity contribution in [3.05, 3.63) is 70.1 Å². The zero-order chi connectivity index (χ0) is 19.0. The molecule has 0 bridgehead atoms. The Labute approximate surface area is 158 Å². The molecular formula is C20H21N4OS+. The molecule has 0 aliphatic rings. The number of carbonyl (C=O) groups excluding carboxylic acids is 1. The number of carbonyl (C=O) groups is 1. The molecule has 5 nitrogen and oxygen atoms in total. The molecule has 1 atom stereocenters. The smallest absolute Gasteiger partial charge is 0.303 e. The Morgan fingerprint density at radius 1 is 1.35 bits per heavy atom. The van der Waals surface area contributed by atoms with Crippen LogP contribution < -0.4 is 11.1 Å². The Kier molecular flexibility index (Phi) is 6.80. The summed E-state index contributed by atoms with van der Waals surface area (Å²) in [7, 11) is 0. The number of anilines is 1. The van der Waals surface area contributed by atoms with Crippen LogP contribution in [0.4, 0.5) is 5.69 Å². The van der Waals surface area contributed by atoms with Gasteiger partial charge in [-0.3, -0.25) is 4.79 Å². The van der Waals surface area contributed by atoms with Crippen LogP contribution >= 0.6 is 11.8 Å². The fourth-order valence-corrected chi connectivity index (χ4v) is 3.26. The van der Waals surface area contributed by atoms with Crippen molar-refractivity contribution < 1.29 is 4.79 Å². The van der Waals surface area contributed by atoms with Crippen LogP contribution in [0.5, 0.6) is 0 Å². The molecule has 0 heterocycles. The highest BCUT2D eigenvalue weighted by molar-refractivity contribution is 7.99. The lowest BCUT2D eigenvalue weighted by Crippen LogP contribution is -2.19. The van der Waals surface area contributed by atoms with Gasteiger partial charge in [-0.25, -0.2) is 0 Å². The van der Waals surface area contributed by atoms with E-state index in [-0.39, 0.29) is 5.91 Å². The van der Waals surface area contributed by atoms with Gasteiger partial charge in [0.25, 0.3) is 12.5 Å². The second-order valence-electron chi connectivity index (χ2n) is 5.92. The Balaban J connectivity index is 2.22. The molecule has 0 aromatic heterocycles. The summed E-state index contributed by atoms with van der Waals surface area (Å²) >= 11 is 1.62. The molecule has 0 radical (unpaired) electrons. The third-order valence-corrected chi connectivity index (χ3v) is 4.90. The molecule has 2 rings (SSSR count). The van der Waals surface area contributed by atoms with E-state index in [0.717, 1.165) is 17.7 Å². The Bertz CT molecular complexity index is 869. The van der Waals surface area contributed by atoms with E-state index >= 15 is 0 Å². The summed E-state index contributed by atoms with van der Waals surface area (Å²) in [6.45, 7) is 7.62. The van der Waals surface area contributed by atoms with Crippen molar-refractivity contribution in [3.8, 4) is 12.6 Å². The topological polar surface area (TPSA) is 83.3 Å². The molecule has 2 aromatic carbocycles. The fourth-order valence-electron chi connectivity index (χ4n) is 2.55. The minimum atomic E-state index is -0.562. The second-order valence-corrected chi connectivity index (χ2v) is 7.07. The standard InChI is InChI=1S/C20H20N4OS/c1-20(23-2,10-11-26-14-22)16-7-5-8-17(12-16)24-19(25)18-9-4-3-6-15(18)13-21/h2-9,12H,10-11,14,22H2,1H3/p+1. The first kappa shape index (κ1) is 19.5. The van der Waals surface area contributed by atoms with Crippen LogP contribution in [0.2, 0.25) is 0 Å².